The van der Waals surface area contributed by atoms with E-state index in [0.29, 0.717) is 32.5 Å². The number of aromatic nitrogens is 2. The predicted molar refractivity (Wildman–Crippen MR) is 94.9 cm³/mol. The van der Waals surface area contributed by atoms with Gasteiger partial charge in [0.25, 0.3) is 0 Å². The molecular formula is C19H25N3O3. The maximum Gasteiger partial charge on any atom is 0.314 e. The largest absolute Gasteiger partial charge is 0.466 e. The van der Waals surface area contributed by atoms with E-state index < -0.39 is 5.41 Å². The highest BCUT2D eigenvalue weighted by Crippen LogP contribution is 2.39. The lowest BCUT2D eigenvalue weighted by Crippen LogP contribution is -2.42. The monoisotopic (exact) mass is 343 g/mol. The van der Waals surface area contributed by atoms with Gasteiger partial charge in [-0.25, -0.2) is 4.98 Å². The van der Waals surface area contributed by atoms with Crippen LogP contribution in [0.3, 0.4) is 0 Å². The van der Waals surface area contributed by atoms with Crippen molar-refractivity contribution in [2.45, 2.75) is 33.6 Å². The van der Waals surface area contributed by atoms with Crippen LogP contribution in [0.15, 0.2) is 24.5 Å². The Morgan fingerprint density at radius 3 is 2.96 bits per heavy atom. The Kier molecular flexibility index (Phi) is 4.79. The molecule has 0 spiro atoms. The fourth-order valence-electron chi connectivity index (χ4n) is 3.63. The van der Waals surface area contributed by atoms with Crippen molar-refractivity contribution in [3.63, 3.8) is 0 Å². The lowest BCUT2D eigenvalue weighted by Gasteiger charge is -2.30. The Hall–Kier alpha value is -2.37. The van der Waals surface area contributed by atoms with Crippen LogP contribution in [0.4, 0.5) is 0 Å². The van der Waals surface area contributed by atoms with Crippen molar-refractivity contribution in [3.8, 4) is 0 Å². The van der Waals surface area contributed by atoms with Gasteiger partial charge in [-0.05, 0) is 37.0 Å². The molecule has 1 N–H and O–H groups in total. The summed E-state index contributed by atoms with van der Waals surface area (Å²) in [6.07, 6.45) is 4.53. The average molecular weight is 343 g/mol. The lowest BCUT2D eigenvalue weighted by molar-refractivity contribution is -0.157. The second-order valence-corrected chi connectivity index (χ2v) is 6.99. The molecule has 6 heteroatoms. The van der Waals surface area contributed by atoms with Gasteiger partial charge in [0.2, 0.25) is 5.91 Å². The van der Waals surface area contributed by atoms with Crippen LogP contribution >= 0.6 is 0 Å². The fourth-order valence-corrected chi connectivity index (χ4v) is 3.63. The van der Waals surface area contributed by atoms with Gasteiger partial charge in [-0.2, -0.15) is 0 Å². The number of hydrogen-bond donors (Lipinski definition) is 1. The van der Waals surface area contributed by atoms with Gasteiger partial charge < -0.3 is 14.6 Å². The third-order valence-corrected chi connectivity index (χ3v) is 5.32. The first kappa shape index (κ1) is 17.5. The molecule has 0 bridgehead atoms. The third kappa shape index (κ3) is 3.13. The number of fused-ring (bicyclic) bond motifs is 1. The summed E-state index contributed by atoms with van der Waals surface area (Å²) in [5.74, 6) is -0.0187. The van der Waals surface area contributed by atoms with E-state index in [1.165, 1.54) is 0 Å². The van der Waals surface area contributed by atoms with Crippen LogP contribution in [0.1, 0.15) is 32.8 Å². The fraction of sp³-hybridized carbons (Fsp3) is 0.526. The Labute approximate surface area is 147 Å². The molecular weight excluding hydrogens is 318 g/mol. The minimum absolute atomic E-state index is 0.0385. The summed E-state index contributed by atoms with van der Waals surface area (Å²) in [7, 11) is 0. The first-order chi connectivity index (χ1) is 12.0. The van der Waals surface area contributed by atoms with Crippen LogP contribution in [-0.4, -0.2) is 46.4 Å². The number of pyridine rings is 1. The molecule has 1 atom stereocenters. The minimum atomic E-state index is -0.590. The van der Waals surface area contributed by atoms with Crippen molar-refractivity contribution in [3.05, 3.63) is 30.1 Å². The van der Waals surface area contributed by atoms with Gasteiger partial charge in [-0.3, -0.25) is 9.59 Å². The molecule has 0 saturated carbocycles. The molecule has 6 nitrogen and oxygen atoms in total. The number of likely N-dealkylation sites (tertiary alicyclic amines) is 1. The van der Waals surface area contributed by atoms with Gasteiger partial charge in [-0.1, -0.05) is 13.8 Å². The van der Waals surface area contributed by atoms with Gasteiger partial charge in [0.1, 0.15) is 5.65 Å². The number of nitrogens with zero attached hydrogens (tertiary/aromatic N) is 2. The van der Waals surface area contributed by atoms with Crippen molar-refractivity contribution < 1.29 is 14.3 Å². The summed E-state index contributed by atoms with van der Waals surface area (Å²) in [5.41, 5.74) is 1.13. The number of esters is 1. The number of ether oxygens (including phenoxy) is 1. The average Bonchev–Trinajstić information content (AvgIpc) is 3.21. The molecule has 3 heterocycles. The quantitative estimate of drug-likeness (QED) is 0.847. The predicted octanol–water partition coefficient (Wildman–Crippen LogP) is 2.54. The molecule has 1 aliphatic heterocycles. The topological polar surface area (TPSA) is 75.3 Å². The Morgan fingerprint density at radius 1 is 1.44 bits per heavy atom. The van der Waals surface area contributed by atoms with E-state index in [4.69, 9.17) is 4.74 Å². The molecule has 134 valence electrons. The second kappa shape index (κ2) is 6.86. The molecule has 1 saturated heterocycles. The summed E-state index contributed by atoms with van der Waals surface area (Å²) in [5, 5.41) is 0.968. The minimum Gasteiger partial charge on any atom is -0.466 e. The van der Waals surface area contributed by atoms with Crippen molar-refractivity contribution in [2.24, 2.45) is 11.3 Å². The standard InChI is InChI=1S/C19H25N3O3/c1-4-25-18(24)19(13(2)3)7-9-22(12-19)16(23)10-14-11-21-17-15(14)6-5-8-20-17/h5-6,8,11,13H,4,7,9-10,12H2,1-3H3,(H,20,21)/t19-/m1/s1. The van der Waals surface area contributed by atoms with Crippen LogP contribution in [0.2, 0.25) is 0 Å². The van der Waals surface area contributed by atoms with Crippen LogP contribution in [0, 0.1) is 11.3 Å². The number of rotatable bonds is 5. The summed E-state index contributed by atoms with van der Waals surface area (Å²) in [6.45, 7) is 7.25. The summed E-state index contributed by atoms with van der Waals surface area (Å²) < 4.78 is 5.29. The highest BCUT2D eigenvalue weighted by atomic mass is 16.5. The van der Waals surface area contributed by atoms with Crippen LogP contribution in [0.5, 0.6) is 0 Å². The molecule has 0 radical (unpaired) electrons. The molecule has 2 aromatic heterocycles. The second-order valence-electron chi connectivity index (χ2n) is 6.99. The molecule has 25 heavy (non-hydrogen) atoms. The molecule has 1 fully saturated rings. The Morgan fingerprint density at radius 2 is 2.24 bits per heavy atom. The summed E-state index contributed by atoms with van der Waals surface area (Å²) in [6, 6.07) is 3.83. The first-order valence-electron chi connectivity index (χ1n) is 8.84. The number of hydrogen-bond acceptors (Lipinski definition) is 4. The van der Waals surface area contributed by atoms with E-state index in [1.807, 2.05) is 39.1 Å². The molecule has 2 aromatic rings. The number of carbonyl (C=O) groups is 2. The first-order valence-corrected chi connectivity index (χ1v) is 8.84. The highest BCUT2D eigenvalue weighted by molar-refractivity contribution is 5.88. The van der Waals surface area contributed by atoms with E-state index in [9.17, 15) is 9.59 Å². The summed E-state index contributed by atoms with van der Waals surface area (Å²) in [4.78, 5) is 34.4. The highest BCUT2D eigenvalue weighted by Gasteiger charge is 2.49. The van der Waals surface area contributed by atoms with Gasteiger partial charge in [0.15, 0.2) is 0 Å². The number of carbonyl (C=O) groups excluding carboxylic acids is 2. The van der Waals surface area contributed by atoms with E-state index in [-0.39, 0.29) is 17.8 Å². The molecule has 1 aliphatic rings. The zero-order valence-electron chi connectivity index (χ0n) is 15.0. The molecule has 0 aromatic carbocycles. The van der Waals surface area contributed by atoms with E-state index in [2.05, 4.69) is 9.97 Å². The number of amides is 1. The SMILES string of the molecule is CCOC(=O)[C@]1(C(C)C)CCN(C(=O)Cc2c[nH]c3ncccc23)C1. The molecule has 3 rings (SSSR count). The van der Waals surface area contributed by atoms with E-state index in [1.54, 1.807) is 11.1 Å². The number of aromatic amines is 1. The van der Waals surface area contributed by atoms with Gasteiger partial charge in [0, 0.05) is 30.9 Å². The van der Waals surface area contributed by atoms with Crippen molar-refractivity contribution >= 4 is 22.9 Å². The van der Waals surface area contributed by atoms with Crippen LogP contribution < -0.4 is 0 Å². The Bertz CT molecular complexity index is 783. The maximum atomic E-state index is 12.8. The zero-order valence-corrected chi connectivity index (χ0v) is 15.0. The molecule has 0 aliphatic carbocycles. The van der Waals surface area contributed by atoms with E-state index in [0.717, 1.165) is 16.6 Å². The van der Waals surface area contributed by atoms with Crippen LogP contribution in [0.25, 0.3) is 11.0 Å². The normalized spacial score (nSPS) is 20.4. The van der Waals surface area contributed by atoms with Gasteiger partial charge in [-0.15, -0.1) is 0 Å². The van der Waals surface area contributed by atoms with Crippen molar-refractivity contribution in [1.82, 2.24) is 14.9 Å². The zero-order chi connectivity index (χ0) is 18.0. The smallest absolute Gasteiger partial charge is 0.314 e. The molecule has 1 amide bonds. The van der Waals surface area contributed by atoms with Crippen molar-refractivity contribution in [1.29, 1.82) is 0 Å². The third-order valence-electron chi connectivity index (χ3n) is 5.32. The van der Waals surface area contributed by atoms with Gasteiger partial charge in [0.05, 0.1) is 18.4 Å². The maximum absolute atomic E-state index is 12.8. The van der Waals surface area contributed by atoms with Crippen LogP contribution in [-0.2, 0) is 20.7 Å². The van der Waals surface area contributed by atoms with Gasteiger partial charge >= 0.3 is 5.97 Å². The Balaban J connectivity index is 1.74. The summed E-state index contributed by atoms with van der Waals surface area (Å²) >= 11 is 0. The van der Waals surface area contributed by atoms with E-state index >= 15 is 0 Å². The molecule has 0 unspecified atom stereocenters. The van der Waals surface area contributed by atoms with Crippen molar-refractivity contribution in [2.75, 3.05) is 19.7 Å². The lowest BCUT2D eigenvalue weighted by atomic mass is 9.76. The number of nitrogens with one attached hydrogen (secondary N) is 1. The number of H-pyrrole nitrogens is 1.